The van der Waals surface area contributed by atoms with E-state index in [4.69, 9.17) is 4.74 Å². The van der Waals surface area contributed by atoms with Crippen LogP contribution >= 0.6 is 0 Å². The zero-order valence-corrected chi connectivity index (χ0v) is 9.72. The van der Waals surface area contributed by atoms with Gasteiger partial charge in [-0.1, -0.05) is 30.3 Å². The molecule has 0 fully saturated rings. The number of carbonyl (C=O) groups is 1. The minimum atomic E-state index is -0.373. The lowest BCUT2D eigenvalue weighted by atomic mass is 10.0. The van der Waals surface area contributed by atoms with Crippen molar-refractivity contribution in [1.29, 1.82) is 0 Å². The van der Waals surface area contributed by atoms with Crippen LogP contribution in [0.4, 0.5) is 0 Å². The molecule has 0 bridgehead atoms. The first-order chi connectivity index (χ1) is 7.59. The van der Waals surface area contributed by atoms with Gasteiger partial charge in [0.25, 0.3) is 0 Å². The molecule has 88 valence electrons. The topological polar surface area (TPSA) is 46.5 Å². The van der Waals surface area contributed by atoms with Crippen molar-refractivity contribution >= 4 is 5.97 Å². The first-order valence-electron chi connectivity index (χ1n) is 5.50. The van der Waals surface area contributed by atoms with Crippen molar-refractivity contribution in [2.45, 2.75) is 38.9 Å². The second kappa shape index (κ2) is 6.28. The Morgan fingerprint density at radius 2 is 1.94 bits per heavy atom. The Morgan fingerprint density at radius 3 is 2.44 bits per heavy atom. The largest absolute Gasteiger partial charge is 0.458 e. The molecule has 0 aliphatic heterocycles. The molecular formula is C13H18O3. The Morgan fingerprint density at radius 1 is 1.31 bits per heavy atom. The Hall–Kier alpha value is -1.35. The first kappa shape index (κ1) is 12.7. The van der Waals surface area contributed by atoms with Gasteiger partial charge in [-0.2, -0.15) is 0 Å². The highest BCUT2D eigenvalue weighted by Crippen LogP contribution is 2.23. The van der Waals surface area contributed by atoms with Crippen LogP contribution in [0.25, 0.3) is 0 Å². The minimum Gasteiger partial charge on any atom is -0.458 e. The third-order valence-corrected chi connectivity index (χ3v) is 2.33. The summed E-state index contributed by atoms with van der Waals surface area (Å²) in [5.41, 5.74) is 0.971. The molecule has 3 nitrogen and oxygen atoms in total. The van der Waals surface area contributed by atoms with Crippen molar-refractivity contribution in [3.8, 4) is 0 Å². The lowest BCUT2D eigenvalue weighted by molar-refractivity contribution is -0.147. The standard InChI is InChI=1S/C13H18O3/c1-10(14)8-9-13(16-11(2)15)12-6-4-3-5-7-12/h3-7,10,13-14H,8-9H2,1-2H3/t10-,13-/m0/s1. The van der Waals surface area contributed by atoms with Crippen molar-refractivity contribution in [2.75, 3.05) is 0 Å². The van der Waals surface area contributed by atoms with E-state index in [2.05, 4.69) is 0 Å². The Kier molecular flexibility index (Phi) is 4.99. The fraction of sp³-hybridized carbons (Fsp3) is 0.462. The number of aliphatic hydroxyl groups excluding tert-OH is 1. The van der Waals surface area contributed by atoms with E-state index in [1.807, 2.05) is 30.3 Å². The number of carbonyl (C=O) groups excluding carboxylic acids is 1. The fourth-order valence-electron chi connectivity index (χ4n) is 1.55. The van der Waals surface area contributed by atoms with Crippen LogP contribution in [0, 0.1) is 0 Å². The summed E-state index contributed by atoms with van der Waals surface area (Å²) in [5.74, 6) is -0.292. The average molecular weight is 222 g/mol. The Labute approximate surface area is 96.1 Å². The molecule has 16 heavy (non-hydrogen) atoms. The van der Waals surface area contributed by atoms with Crippen LogP contribution in [-0.2, 0) is 9.53 Å². The van der Waals surface area contributed by atoms with Gasteiger partial charge in [0, 0.05) is 6.92 Å². The normalized spacial score (nSPS) is 14.2. The van der Waals surface area contributed by atoms with Crippen LogP contribution in [0.2, 0.25) is 0 Å². The fourth-order valence-corrected chi connectivity index (χ4v) is 1.55. The predicted molar refractivity (Wildman–Crippen MR) is 61.9 cm³/mol. The van der Waals surface area contributed by atoms with Gasteiger partial charge in [-0.05, 0) is 25.3 Å². The molecular weight excluding hydrogens is 204 g/mol. The predicted octanol–water partition coefficient (Wildman–Crippen LogP) is 2.45. The molecule has 0 heterocycles. The quantitative estimate of drug-likeness (QED) is 0.778. The molecule has 1 aromatic rings. The molecule has 0 aliphatic rings. The van der Waals surface area contributed by atoms with Gasteiger partial charge in [-0.15, -0.1) is 0 Å². The molecule has 0 radical (unpaired) electrons. The molecule has 1 aromatic carbocycles. The molecule has 2 atom stereocenters. The molecule has 0 aromatic heterocycles. The smallest absolute Gasteiger partial charge is 0.303 e. The van der Waals surface area contributed by atoms with Gasteiger partial charge >= 0.3 is 5.97 Å². The molecule has 0 unspecified atom stereocenters. The SMILES string of the molecule is CC(=O)O[C@@H](CC[C@H](C)O)c1ccccc1. The van der Waals surface area contributed by atoms with Crippen LogP contribution in [-0.4, -0.2) is 17.2 Å². The number of benzene rings is 1. The summed E-state index contributed by atoms with van der Waals surface area (Å²) in [7, 11) is 0. The van der Waals surface area contributed by atoms with E-state index in [0.717, 1.165) is 5.56 Å². The van der Waals surface area contributed by atoms with Crippen molar-refractivity contribution in [3.63, 3.8) is 0 Å². The minimum absolute atomic E-state index is 0.256. The van der Waals surface area contributed by atoms with Crippen molar-refractivity contribution < 1.29 is 14.6 Å². The summed E-state index contributed by atoms with van der Waals surface area (Å²) in [6.45, 7) is 3.13. The monoisotopic (exact) mass is 222 g/mol. The molecule has 0 saturated heterocycles. The molecule has 1 rings (SSSR count). The van der Waals surface area contributed by atoms with Gasteiger partial charge < -0.3 is 9.84 Å². The van der Waals surface area contributed by atoms with Gasteiger partial charge in [-0.25, -0.2) is 0 Å². The molecule has 3 heteroatoms. The maximum absolute atomic E-state index is 11.0. The lowest BCUT2D eigenvalue weighted by Gasteiger charge is -2.18. The highest BCUT2D eigenvalue weighted by atomic mass is 16.5. The summed E-state index contributed by atoms with van der Waals surface area (Å²) < 4.78 is 5.24. The Balaban J connectivity index is 2.67. The molecule has 0 spiro atoms. The van der Waals surface area contributed by atoms with Crippen molar-refractivity contribution in [2.24, 2.45) is 0 Å². The number of ether oxygens (including phenoxy) is 1. The maximum Gasteiger partial charge on any atom is 0.303 e. The second-order valence-electron chi connectivity index (χ2n) is 3.94. The average Bonchev–Trinajstić information content (AvgIpc) is 2.25. The van der Waals surface area contributed by atoms with Crippen molar-refractivity contribution in [1.82, 2.24) is 0 Å². The number of hydrogen-bond donors (Lipinski definition) is 1. The third-order valence-electron chi connectivity index (χ3n) is 2.33. The first-order valence-corrected chi connectivity index (χ1v) is 5.50. The highest BCUT2D eigenvalue weighted by Gasteiger charge is 2.15. The van der Waals surface area contributed by atoms with E-state index < -0.39 is 0 Å². The van der Waals surface area contributed by atoms with Crippen LogP contribution in [0.5, 0.6) is 0 Å². The maximum atomic E-state index is 11.0. The van der Waals surface area contributed by atoms with Gasteiger partial charge in [0.2, 0.25) is 0 Å². The van der Waals surface area contributed by atoms with Crippen molar-refractivity contribution in [3.05, 3.63) is 35.9 Å². The van der Waals surface area contributed by atoms with E-state index in [9.17, 15) is 9.90 Å². The summed E-state index contributed by atoms with van der Waals surface area (Å²) >= 11 is 0. The number of esters is 1. The molecule has 0 amide bonds. The highest BCUT2D eigenvalue weighted by molar-refractivity contribution is 5.66. The lowest BCUT2D eigenvalue weighted by Crippen LogP contribution is -2.11. The van der Waals surface area contributed by atoms with Crippen LogP contribution in [0.1, 0.15) is 38.4 Å². The van der Waals surface area contributed by atoms with E-state index in [1.165, 1.54) is 6.92 Å². The van der Waals surface area contributed by atoms with Crippen LogP contribution in [0.3, 0.4) is 0 Å². The van der Waals surface area contributed by atoms with E-state index in [0.29, 0.717) is 12.8 Å². The third kappa shape index (κ3) is 4.45. The number of rotatable bonds is 5. The van der Waals surface area contributed by atoms with E-state index >= 15 is 0 Å². The zero-order chi connectivity index (χ0) is 12.0. The number of hydrogen-bond acceptors (Lipinski definition) is 3. The summed E-state index contributed by atoms with van der Waals surface area (Å²) in [5, 5.41) is 9.24. The van der Waals surface area contributed by atoms with E-state index in [-0.39, 0.29) is 18.2 Å². The van der Waals surface area contributed by atoms with Gasteiger partial charge in [0.1, 0.15) is 6.10 Å². The van der Waals surface area contributed by atoms with Gasteiger partial charge in [-0.3, -0.25) is 4.79 Å². The molecule has 0 saturated carbocycles. The molecule has 0 aliphatic carbocycles. The summed E-state index contributed by atoms with van der Waals surface area (Å²) in [6.07, 6.45) is 0.628. The Bertz CT molecular complexity index is 319. The molecule has 1 N–H and O–H groups in total. The van der Waals surface area contributed by atoms with Gasteiger partial charge in [0.15, 0.2) is 0 Å². The zero-order valence-electron chi connectivity index (χ0n) is 9.72. The van der Waals surface area contributed by atoms with Gasteiger partial charge in [0.05, 0.1) is 6.10 Å². The van der Waals surface area contributed by atoms with E-state index in [1.54, 1.807) is 6.92 Å². The second-order valence-corrected chi connectivity index (χ2v) is 3.94. The summed E-state index contributed by atoms with van der Waals surface area (Å²) in [6, 6.07) is 9.59. The summed E-state index contributed by atoms with van der Waals surface area (Å²) in [4.78, 5) is 11.0. The van der Waals surface area contributed by atoms with Crippen LogP contribution in [0.15, 0.2) is 30.3 Å². The number of aliphatic hydroxyl groups is 1. The van der Waals surface area contributed by atoms with Crippen LogP contribution < -0.4 is 0 Å².